The maximum Gasteiger partial charge on any atom is 0.508 e. The summed E-state index contributed by atoms with van der Waals surface area (Å²) < 4.78 is 0. The number of H-pyrrole nitrogens is 1. The molecule has 5 nitrogen and oxygen atoms in total. The highest BCUT2D eigenvalue weighted by Gasteiger charge is 2.18. The van der Waals surface area contributed by atoms with Gasteiger partial charge in [-0.2, -0.15) is 0 Å². The lowest BCUT2D eigenvalue weighted by molar-refractivity contribution is 0.424. The second kappa shape index (κ2) is 2.83. The number of aryl methyl sites for hydroxylation is 1. The summed E-state index contributed by atoms with van der Waals surface area (Å²) >= 11 is 0. The Labute approximate surface area is 74.6 Å². The summed E-state index contributed by atoms with van der Waals surface area (Å²) in [6.45, 7) is 1.86. The molecule has 66 valence electrons. The van der Waals surface area contributed by atoms with Gasteiger partial charge in [-0.1, -0.05) is 0 Å². The van der Waals surface area contributed by atoms with Crippen molar-refractivity contribution >= 4 is 23.7 Å². The molecule has 0 saturated carbocycles. The van der Waals surface area contributed by atoms with E-state index in [1.807, 2.05) is 6.92 Å². The first-order valence-corrected chi connectivity index (χ1v) is 3.85. The molecule has 0 radical (unpaired) electrons. The van der Waals surface area contributed by atoms with Crippen molar-refractivity contribution in [1.29, 1.82) is 0 Å². The van der Waals surface area contributed by atoms with Crippen LogP contribution in [0.1, 0.15) is 5.56 Å². The summed E-state index contributed by atoms with van der Waals surface area (Å²) in [7, 11) is -1.56. The summed E-state index contributed by atoms with van der Waals surface area (Å²) in [5.41, 5.74) is 1.76. The van der Waals surface area contributed by atoms with Crippen molar-refractivity contribution in [2.45, 2.75) is 6.92 Å². The number of hydrogen-bond acceptors (Lipinski definition) is 4. The Balaban J connectivity index is 2.80. The van der Waals surface area contributed by atoms with Gasteiger partial charge in [0.25, 0.3) is 0 Å². The van der Waals surface area contributed by atoms with E-state index in [0.717, 1.165) is 5.56 Å². The van der Waals surface area contributed by atoms with Gasteiger partial charge in [0, 0.05) is 11.6 Å². The zero-order valence-electron chi connectivity index (χ0n) is 7.02. The molecule has 0 spiro atoms. The summed E-state index contributed by atoms with van der Waals surface area (Å²) in [6.07, 6.45) is 3.05. The van der Waals surface area contributed by atoms with Crippen LogP contribution in [0.5, 0.6) is 0 Å². The predicted molar refractivity (Wildman–Crippen MR) is 48.5 cm³/mol. The van der Waals surface area contributed by atoms with E-state index >= 15 is 0 Å². The number of aromatic nitrogens is 3. The van der Waals surface area contributed by atoms with Crippen LogP contribution < -0.4 is 5.59 Å². The molecule has 0 unspecified atom stereocenters. The van der Waals surface area contributed by atoms with Crippen molar-refractivity contribution in [3.8, 4) is 0 Å². The number of aromatic amines is 1. The van der Waals surface area contributed by atoms with E-state index in [4.69, 9.17) is 10.0 Å². The van der Waals surface area contributed by atoms with E-state index in [1.54, 1.807) is 6.20 Å². The fourth-order valence-electron chi connectivity index (χ4n) is 1.34. The fourth-order valence-corrected chi connectivity index (χ4v) is 1.34. The van der Waals surface area contributed by atoms with Crippen molar-refractivity contribution in [1.82, 2.24) is 15.0 Å². The van der Waals surface area contributed by atoms with Crippen LogP contribution in [-0.2, 0) is 0 Å². The normalized spacial score (nSPS) is 10.7. The van der Waals surface area contributed by atoms with Crippen LogP contribution in [0.4, 0.5) is 0 Å². The third kappa shape index (κ3) is 1.20. The van der Waals surface area contributed by atoms with Gasteiger partial charge in [-0.15, -0.1) is 0 Å². The minimum atomic E-state index is -1.56. The van der Waals surface area contributed by atoms with Crippen LogP contribution in [0.3, 0.4) is 0 Å². The summed E-state index contributed by atoms with van der Waals surface area (Å²) in [5.74, 6) is 0. The highest BCUT2D eigenvalue weighted by Crippen LogP contribution is 2.11. The van der Waals surface area contributed by atoms with Gasteiger partial charge in [-0.3, -0.25) is 0 Å². The van der Waals surface area contributed by atoms with Crippen molar-refractivity contribution in [2.24, 2.45) is 0 Å². The first-order chi connectivity index (χ1) is 6.20. The second-order valence-corrected chi connectivity index (χ2v) is 2.83. The molecule has 0 fully saturated rings. The topological polar surface area (TPSA) is 82.0 Å². The molecule has 6 heteroatoms. The molecule has 0 aliphatic rings. The maximum absolute atomic E-state index is 9.02. The average Bonchev–Trinajstić information content (AvgIpc) is 2.48. The van der Waals surface area contributed by atoms with Crippen molar-refractivity contribution in [3.05, 3.63) is 18.1 Å². The van der Waals surface area contributed by atoms with Crippen molar-refractivity contribution in [3.63, 3.8) is 0 Å². The fraction of sp³-hybridized carbons (Fsp3) is 0.143. The molecular weight excluding hydrogens is 169 g/mol. The Bertz CT molecular complexity index is 440. The molecule has 2 rings (SSSR count). The Hall–Kier alpha value is -1.40. The van der Waals surface area contributed by atoms with Crippen molar-refractivity contribution in [2.75, 3.05) is 0 Å². The lowest BCUT2D eigenvalue weighted by Crippen LogP contribution is -2.33. The van der Waals surface area contributed by atoms with Gasteiger partial charge in [0.2, 0.25) is 0 Å². The first-order valence-electron chi connectivity index (χ1n) is 3.85. The third-order valence-corrected chi connectivity index (χ3v) is 1.94. The number of hydrogen-bond donors (Lipinski definition) is 3. The van der Waals surface area contributed by atoms with E-state index < -0.39 is 7.12 Å². The maximum atomic E-state index is 9.02. The average molecular weight is 177 g/mol. The number of nitrogens with one attached hydrogen (secondary N) is 1. The molecule has 2 heterocycles. The predicted octanol–water partition coefficient (Wildman–Crippen LogP) is -1.05. The minimum Gasteiger partial charge on any atom is -0.422 e. The second-order valence-electron chi connectivity index (χ2n) is 2.83. The number of nitrogens with zero attached hydrogens (tertiary/aromatic N) is 2. The van der Waals surface area contributed by atoms with Crippen LogP contribution >= 0.6 is 0 Å². The third-order valence-electron chi connectivity index (χ3n) is 1.94. The van der Waals surface area contributed by atoms with Gasteiger partial charge >= 0.3 is 7.12 Å². The molecular formula is C7H8BN3O2. The lowest BCUT2D eigenvalue weighted by Gasteiger charge is -1.99. The molecule has 0 aliphatic heterocycles. The molecule has 0 amide bonds. The molecule has 0 aliphatic carbocycles. The molecule has 0 bridgehead atoms. The lowest BCUT2D eigenvalue weighted by atomic mass is 9.83. The van der Waals surface area contributed by atoms with E-state index in [9.17, 15) is 0 Å². The zero-order valence-corrected chi connectivity index (χ0v) is 7.02. The summed E-state index contributed by atoms with van der Waals surface area (Å²) in [4.78, 5) is 10.7. The van der Waals surface area contributed by atoms with Gasteiger partial charge in [0.1, 0.15) is 12.0 Å². The molecule has 0 aromatic carbocycles. The Morgan fingerprint density at radius 3 is 2.85 bits per heavy atom. The van der Waals surface area contributed by atoms with Crippen molar-refractivity contribution < 1.29 is 10.0 Å². The molecule has 2 aromatic heterocycles. The summed E-state index contributed by atoms with van der Waals surface area (Å²) in [5, 5.41) is 18.7. The Kier molecular flexibility index (Phi) is 1.79. The van der Waals surface area contributed by atoms with Crippen LogP contribution in [-0.4, -0.2) is 32.1 Å². The van der Waals surface area contributed by atoms with Gasteiger partial charge in [0.15, 0.2) is 0 Å². The van der Waals surface area contributed by atoms with E-state index in [1.165, 1.54) is 6.33 Å². The van der Waals surface area contributed by atoms with Crippen LogP contribution in [0.25, 0.3) is 11.0 Å². The number of rotatable bonds is 1. The van der Waals surface area contributed by atoms with E-state index in [2.05, 4.69) is 15.0 Å². The quantitative estimate of drug-likeness (QED) is 0.485. The molecule has 13 heavy (non-hydrogen) atoms. The monoisotopic (exact) mass is 177 g/mol. The first kappa shape index (κ1) is 8.21. The number of fused-ring (bicyclic) bond motifs is 1. The van der Waals surface area contributed by atoms with Crippen LogP contribution in [0, 0.1) is 6.92 Å². The highest BCUT2D eigenvalue weighted by atomic mass is 16.4. The molecule has 3 N–H and O–H groups in total. The molecule has 0 atom stereocenters. The smallest absolute Gasteiger partial charge is 0.422 e. The summed E-state index contributed by atoms with van der Waals surface area (Å²) in [6, 6.07) is 0. The van der Waals surface area contributed by atoms with Gasteiger partial charge in [-0.05, 0) is 12.5 Å². The van der Waals surface area contributed by atoms with Crippen LogP contribution in [0.2, 0.25) is 0 Å². The largest absolute Gasteiger partial charge is 0.508 e. The minimum absolute atomic E-state index is 0.240. The molecule has 0 saturated heterocycles. The van der Waals surface area contributed by atoms with Gasteiger partial charge < -0.3 is 15.0 Å². The Morgan fingerprint density at radius 1 is 1.38 bits per heavy atom. The van der Waals surface area contributed by atoms with E-state index in [0.29, 0.717) is 11.0 Å². The Morgan fingerprint density at radius 2 is 2.15 bits per heavy atom. The highest BCUT2D eigenvalue weighted by molar-refractivity contribution is 6.60. The van der Waals surface area contributed by atoms with E-state index in [-0.39, 0.29) is 5.59 Å². The zero-order chi connectivity index (χ0) is 9.42. The standard InChI is InChI=1S/C7H8BN3O2/c1-4-2-9-7-5(4)6(8(12)13)10-3-11-7/h2-3,12-13H,1H3,(H,9,10,11). The van der Waals surface area contributed by atoms with Gasteiger partial charge in [-0.25, -0.2) is 9.97 Å². The SMILES string of the molecule is Cc1c[nH]c2ncnc(B(O)O)c12. The van der Waals surface area contributed by atoms with Crippen LogP contribution in [0.15, 0.2) is 12.5 Å². The molecule has 2 aromatic rings. The van der Waals surface area contributed by atoms with Gasteiger partial charge in [0.05, 0.1) is 5.59 Å².